The van der Waals surface area contributed by atoms with E-state index in [4.69, 9.17) is 0 Å². The molecule has 0 fully saturated rings. The van der Waals surface area contributed by atoms with Crippen molar-refractivity contribution in [3.63, 3.8) is 0 Å². The topological polar surface area (TPSA) is 27.6 Å². The number of nitrogens with one attached hydrogen (secondary N) is 1. The SMILES string of the molecule is CCNC(=NCC(C)SC)N(C)Cc1ccc(F)cc1.I. The fraction of sp³-hybridized carbons (Fsp3) is 0.533. The highest BCUT2D eigenvalue weighted by molar-refractivity contribution is 14.0. The molecule has 0 spiro atoms. The molecule has 0 bridgehead atoms. The number of rotatable bonds is 6. The third kappa shape index (κ3) is 7.90. The summed E-state index contributed by atoms with van der Waals surface area (Å²) in [5.41, 5.74) is 1.07. The van der Waals surface area contributed by atoms with E-state index in [0.717, 1.165) is 24.6 Å². The lowest BCUT2D eigenvalue weighted by Crippen LogP contribution is -2.38. The van der Waals surface area contributed by atoms with Gasteiger partial charge in [-0.25, -0.2) is 4.39 Å². The molecule has 1 aromatic carbocycles. The Hall–Kier alpha value is -0.500. The molecule has 0 saturated carbocycles. The van der Waals surface area contributed by atoms with E-state index in [2.05, 4.69) is 35.3 Å². The summed E-state index contributed by atoms with van der Waals surface area (Å²) in [7, 11) is 1.99. The van der Waals surface area contributed by atoms with Crippen LogP contribution in [0.3, 0.4) is 0 Å². The molecule has 0 amide bonds. The van der Waals surface area contributed by atoms with Crippen molar-refractivity contribution >= 4 is 41.7 Å². The van der Waals surface area contributed by atoms with Gasteiger partial charge in [0.05, 0.1) is 6.54 Å². The van der Waals surface area contributed by atoms with Crippen LogP contribution in [0.25, 0.3) is 0 Å². The highest BCUT2D eigenvalue weighted by Crippen LogP contribution is 2.07. The second-order valence-corrected chi connectivity index (χ2v) is 6.00. The maximum Gasteiger partial charge on any atom is 0.193 e. The fourth-order valence-electron chi connectivity index (χ4n) is 1.70. The molecule has 0 aliphatic rings. The molecule has 1 aromatic rings. The number of halogens is 2. The highest BCUT2D eigenvalue weighted by atomic mass is 127. The van der Waals surface area contributed by atoms with E-state index in [1.807, 2.05) is 18.8 Å². The van der Waals surface area contributed by atoms with Crippen LogP contribution in [0.15, 0.2) is 29.3 Å². The van der Waals surface area contributed by atoms with Crippen LogP contribution in [0.1, 0.15) is 19.4 Å². The molecule has 0 aliphatic heterocycles. The van der Waals surface area contributed by atoms with E-state index < -0.39 is 0 Å². The van der Waals surface area contributed by atoms with Crippen LogP contribution < -0.4 is 5.32 Å². The van der Waals surface area contributed by atoms with Gasteiger partial charge in [0.15, 0.2) is 5.96 Å². The van der Waals surface area contributed by atoms with Crippen LogP contribution in [-0.4, -0.2) is 42.5 Å². The molecule has 120 valence electrons. The van der Waals surface area contributed by atoms with Gasteiger partial charge < -0.3 is 10.2 Å². The summed E-state index contributed by atoms with van der Waals surface area (Å²) in [6.45, 7) is 6.55. The van der Waals surface area contributed by atoms with E-state index in [0.29, 0.717) is 11.8 Å². The zero-order valence-corrected chi connectivity index (χ0v) is 16.2. The molecule has 1 N–H and O–H groups in total. The van der Waals surface area contributed by atoms with Crippen LogP contribution >= 0.6 is 35.7 Å². The lowest BCUT2D eigenvalue weighted by atomic mass is 10.2. The van der Waals surface area contributed by atoms with E-state index >= 15 is 0 Å². The Morgan fingerprint density at radius 3 is 2.52 bits per heavy atom. The Kier molecular flexibility index (Phi) is 10.9. The minimum atomic E-state index is -0.203. The molecule has 0 aromatic heterocycles. The summed E-state index contributed by atoms with van der Waals surface area (Å²) >= 11 is 1.81. The minimum Gasteiger partial charge on any atom is -0.357 e. The Morgan fingerprint density at radius 1 is 1.38 bits per heavy atom. The van der Waals surface area contributed by atoms with Crippen molar-refractivity contribution in [3.05, 3.63) is 35.6 Å². The van der Waals surface area contributed by atoms with Crippen LogP contribution in [-0.2, 0) is 6.54 Å². The van der Waals surface area contributed by atoms with Gasteiger partial charge in [-0.2, -0.15) is 11.8 Å². The van der Waals surface area contributed by atoms with Gasteiger partial charge in [-0.3, -0.25) is 4.99 Å². The average molecular weight is 425 g/mol. The molecule has 1 rings (SSSR count). The summed E-state index contributed by atoms with van der Waals surface area (Å²) in [5.74, 6) is 0.684. The van der Waals surface area contributed by atoms with Crippen molar-refractivity contribution in [2.75, 3.05) is 26.4 Å². The van der Waals surface area contributed by atoms with Crippen molar-refractivity contribution in [2.24, 2.45) is 4.99 Å². The zero-order valence-electron chi connectivity index (χ0n) is 13.1. The van der Waals surface area contributed by atoms with Gasteiger partial charge in [-0.1, -0.05) is 19.1 Å². The molecule has 3 nitrogen and oxygen atoms in total. The average Bonchev–Trinajstić information content (AvgIpc) is 2.45. The maximum atomic E-state index is 12.9. The zero-order chi connectivity index (χ0) is 15.0. The first kappa shape index (κ1) is 20.5. The van der Waals surface area contributed by atoms with Crippen molar-refractivity contribution in [3.8, 4) is 0 Å². The van der Waals surface area contributed by atoms with Crippen LogP contribution in [0.5, 0.6) is 0 Å². The molecule has 0 radical (unpaired) electrons. The Morgan fingerprint density at radius 2 is 2.00 bits per heavy atom. The summed E-state index contributed by atoms with van der Waals surface area (Å²) < 4.78 is 12.9. The molecule has 6 heteroatoms. The van der Waals surface area contributed by atoms with E-state index in [1.54, 1.807) is 12.1 Å². The number of nitrogens with zero attached hydrogens (tertiary/aromatic N) is 2. The smallest absolute Gasteiger partial charge is 0.193 e. The summed E-state index contributed by atoms with van der Waals surface area (Å²) in [5, 5.41) is 3.79. The second kappa shape index (κ2) is 11.1. The first-order valence-corrected chi connectivity index (χ1v) is 8.12. The highest BCUT2D eigenvalue weighted by Gasteiger charge is 2.07. The van der Waals surface area contributed by atoms with Crippen LogP contribution in [0.2, 0.25) is 0 Å². The molecule has 1 unspecified atom stereocenters. The standard InChI is InChI=1S/C15H24FN3S.HI/c1-5-17-15(18-10-12(2)20-4)19(3)11-13-6-8-14(16)9-7-13;/h6-9,12H,5,10-11H2,1-4H3,(H,17,18);1H. The number of hydrogen-bond donors (Lipinski definition) is 1. The number of benzene rings is 1. The Balaban J connectivity index is 0.00000400. The number of aliphatic imine (C=N–C) groups is 1. The quantitative estimate of drug-likeness (QED) is 0.429. The van der Waals surface area contributed by atoms with Gasteiger partial charge in [-0.05, 0) is 30.9 Å². The lowest BCUT2D eigenvalue weighted by Gasteiger charge is -2.22. The van der Waals surface area contributed by atoms with Crippen LogP contribution in [0, 0.1) is 5.82 Å². The van der Waals surface area contributed by atoms with E-state index in [1.165, 1.54) is 12.1 Å². The lowest BCUT2D eigenvalue weighted by molar-refractivity contribution is 0.476. The summed E-state index contributed by atoms with van der Waals surface area (Å²) in [4.78, 5) is 6.69. The monoisotopic (exact) mass is 425 g/mol. The minimum absolute atomic E-state index is 0. The largest absolute Gasteiger partial charge is 0.357 e. The second-order valence-electron chi connectivity index (χ2n) is 4.72. The first-order valence-electron chi connectivity index (χ1n) is 6.83. The molecule has 0 heterocycles. The van der Waals surface area contributed by atoms with Gasteiger partial charge in [-0.15, -0.1) is 24.0 Å². The Bertz CT molecular complexity index is 425. The maximum absolute atomic E-state index is 12.9. The normalized spacial score (nSPS) is 12.5. The molecule has 1 atom stereocenters. The number of thioether (sulfide) groups is 1. The summed E-state index contributed by atoms with van der Waals surface area (Å²) in [6, 6.07) is 6.59. The van der Waals surface area contributed by atoms with Gasteiger partial charge in [0.1, 0.15) is 5.82 Å². The molecule has 0 aliphatic carbocycles. The summed E-state index contributed by atoms with van der Waals surface area (Å²) in [6.07, 6.45) is 2.09. The third-order valence-corrected chi connectivity index (χ3v) is 3.88. The van der Waals surface area contributed by atoms with E-state index in [-0.39, 0.29) is 29.8 Å². The molecule has 0 saturated heterocycles. The predicted molar refractivity (Wildman–Crippen MR) is 102 cm³/mol. The Labute approximate surface area is 148 Å². The van der Waals surface area contributed by atoms with Gasteiger partial charge in [0, 0.05) is 25.4 Å². The predicted octanol–water partition coefficient (Wildman–Crippen LogP) is 3.59. The van der Waals surface area contributed by atoms with Crippen molar-refractivity contribution in [1.82, 2.24) is 10.2 Å². The van der Waals surface area contributed by atoms with Gasteiger partial charge in [0.2, 0.25) is 0 Å². The van der Waals surface area contributed by atoms with Gasteiger partial charge >= 0.3 is 0 Å². The van der Waals surface area contributed by atoms with Crippen molar-refractivity contribution in [1.29, 1.82) is 0 Å². The van der Waals surface area contributed by atoms with Crippen LogP contribution in [0.4, 0.5) is 4.39 Å². The number of hydrogen-bond acceptors (Lipinski definition) is 2. The molecular weight excluding hydrogens is 400 g/mol. The third-order valence-electron chi connectivity index (χ3n) is 2.93. The van der Waals surface area contributed by atoms with Gasteiger partial charge in [0.25, 0.3) is 0 Å². The first-order chi connectivity index (χ1) is 9.56. The molecular formula is C15H25FIN3S. The van der Waals surface area contributed by atoms with E-state index in [9.17, 15) is 4.39 Å². The molecule has 21 heavy (non-hydrogen) atoms. The van der Waals surface area contributed by atoms with Crippen molar-refractivity contribution < 1.29 is 4.39 Å². The fourth-order valence-corrected chi connectivity index (χ4v) is 1.92. The number of guanidine groups is 1. The van der Waals surface area contributed by atoms with Crippen molar-refractivity contribution in [2.45, 2.75) is 25.6 Å².